The molecule has 0 aliphatic carbocycles. The van der Waals surface area contributed by atoms with Gasteiger partial charge in [-0.3, -0.25) is 9.59 Å². The fourth-order valence-electron chi connectivity index (χ4n) is 1.91. The SMILES string of the molecule is CC(C)(CCCOCCCOCCCC(C)(C)C(=O)O)C(=O)O. The summed E-state index contributed by atoms with van der Waals surface area (Å²) in [5.74, 6) is -1.56. The lowest BCUT2D eigenvalue weighted by Crippen LogP contribution is -2.24. The molecule has 0 aliphatic rings. The molecule has 6 heteroatoms. The summed E-state index contributed by atoms with van der Waals surface area (Å²) < 4.78 is 10.9. The molecule has 6 nitrogen and oxygen atoms in total. The van der Waals surface area contributed by atoms with Gasteiger partial charge in [-0.25, -0.2) is 0 Å². The van der Waals surface area contributed by atoms with Crippen LogP contribution in [0.1, 0.15) is 59.8 Å². The number of carboxylic acid groups (broad SMARTS) is 2. The summed E-state index contributed by atoms with van der Waals surface area (Å²) in [5.41, 5.74) is -1.40. The van der Waals surface area contributed by atoms with E-state index in [2.05, 4.69) is 0 Å². The van der Waals surface area contributed by atoms with E-state index in [9.17, 15) is 9.59 Å². The Labute approximate surface area is 139 Å². The molecular formula is C17H32O6. The fraction of sp³-hybridized carbons (Fsp3) is 0.882. The smallest absolute Gasteiger partial charge is 0.309 e. The van der Waals surface area contributed by atoms with Gasteiger partial charge in [0.05, 0.1) is 10.8 Å². The maximum atomic E-state index is 10.9. The molecule has 0 aromatic carbocycles. The molecule has 136 valence electrons. The molecule has 0 fully saturated rings. The Bertz CT molecular complexity index is 328. The van der Waals surface area contributed by atoms with Crippen molar-refractivity contribution in [3.8, 4) is 0 Å². The average molecular weight is 332 g/mol. The quantitative estimate of drug-likeness (QED) is 0.475. The van der Waals surface area contributed by atoms with Gasteiger partial charge in [0, 0.05) is 26.4 Å². The fourth-order valence-corrected chi connectivity index (χ4v) is 1.91. The minimum absolute atomic E-state index is 0.559. The molecule has 0 bridgehead atoms. The minimum Gasteiger partial charge on any atom is -0.481 e. The molecule has 0 aromatic heterocycles. The summed E-state index contributed by atoms with van der Waals surface area (Å²) >= 11 is 0. The Morgan fingerprint density at radius 3 is 1.30 bits per heavy atom. The van der Waals surface area contributed by atoms with Crippen LogP contribution in [0.25, 0.3) is 0 Å². The van der Waals surface area contributed by atoms with E-state index < -0.39 is 22.8 Å². The van der Waals surface area contributed by atoms with E-state index in [1.165, 1.54) is 0 Å². The van der Waals surface area contributed by atoms with Crippen molar-refractivity contribution in [3.05, 3.63) is 0 Å². The van der Waals surface area contributed by atoms with Gasteiger partial charge in [-0.05, 0) is 59.8 Å². The monoisotopic (exact) mass is 332 g/mol. The second-order valence-electron chi connectivity index (χ2n) is 7.16. The zero-order valence-corrected chi connectivity index (χ0v) is 14.9. The summed E-state index contributed by atoms with van der Waals surface area (Å²) in [6.07, 6.45) is 3.43. The number of ether oxygens (including phenoxy) is 2. The Morgan fingerprint density at radius 2 is 1.00 bits per heavy atom. The zero-order valence-electron chi connectivity index (χ0n) is 14.9. The first kappa shape index (κ1) is 21.9. The molecule has 0 spiro atoms. The van der Waals surface area contributed by atoms with Crippen molar-refractivity contribution in [2.45, 2.75) is 59.8 Å². The van der Waals surface area contributed by atoms with Crippen LogP contribution >= 0.6 is 0 Å². The molecule has 0 amide bonds. The Balaban J connectivity index is 3.41. The van der Waals surface area contributed by atoms with Gasteiger partial charge in [0.1, 0.15) is 0 Å². The molecule has 0 saturated carbocycles. The highest BCUT2D eigenvalue weighted by atomic mass is 16.5. The van der Waals surface area contributed by atoms with Crippen molar-refractivity contribution in [1.82, 2.24) is 0 Å². The van der Waals surface area contributed by atoms with E-state index in [4.69, 9.17) is 19.7 Å². The molecular weight excluding hydrogens is 300 g/mol. The second-order valence-corrected chi connectivity index (χ2v) is 7.16. The predicted octanol–water partition coefficient (Wildman–Crippen LogP) is 3.19. The van der Waals surface area contributed by atoms with E-state index in [0.29, 0.717) is 39.3 Å². The summed E-state index contributed by atoms with van der Waals surface area (Å²) in [4.78, 5) is 21.8. The maximum Gasteiger partial charge on any atom is 0.309 e. The first-order valence-corrected chi connectivity index (χ1v) is 8.22. The molecule has 2 N–H and O–H groups in total. The van der Waals surface area contributed by atoms with Gasteiger partial charge in [-0.2, -0.15) is 0 Å². The van der Waals surface area contributed by atoms with Crippen LogP contribution in [0.3, 0.4) is 0 Å². The van der Waals surface area contributed by atoms with E-state index >= 15 is 0 Å². The maximum absolute atomic E-state index is 10.9. The molecule has 0 aliphatic heterocycles. The van der Waals surface area contributed by atoms with Crippen LogP contribution in [-0.2, 0) is 19.1 Å². The van der Waals surface area contributed by atoms with Crippen LogP contribution in [0.15, 0.2) is 0 Å². The first-order valence-electron chi connectivity index (χ1n) is 8.22. The van der Waals surface area contributed by atoms with Gasteiger partial charge < -0.3 is 19.7 Å². The van der Waals surface area contributed by atoms with Crippen LogP contribution < -0.4 is 0 Å². The summed E-state index contributed by atoms with van der Waals surface area (Å²) in [6, 6.07) is 0. The summed E-state index contributed by atoms with van der Waals surface area (Å²) in [6.45, 7) is 9.17. The molecule has 0 saturated heterocycles. The van der Waals surface area contributed by atoms with E-state index in [0.717, 1.165) is 19.3 Å². The molecule has 0 heterocycles. The second kappa shape index (κ2) is 10.6. The van der Waals surface area contributed by atoms with Crippen LogP contribution in [0.2, 0.25) is 0 Å². The van der Waals surface area contributed by atoms with E-state index in [1.807, 2.05) is 0 Å². The molecule has 0 rings (SSSR count). The third-order valence-electron chi connectivity index (χ3n) is 3.92. The third kappa shape index (κ3) is 10.3. The lowest BCUT2D eigenvalue weighted by atomic mass is 9.88. The number of carboxylic acids is 2. The standard InChI is InChI=1S/C17H32O6/c1-16(2,14(18)19)8-5-10-22-12-7-13-23-11-6-9-17(3,4)15(20)21/h5-13H2,1-4H3,(H,18,19)(H,20,21). The predicted molar refractivity (Wildman–Crippen MR) is 87.6 cm³/mol. The highest BCUT2D eigenvalue weighted by Gasteiger charge is 2.26. The zero-order chi connectivity index (χ0) is 17.9. The van der Waals surface area contributed by atoms with Crippen molar-refractivity contribution in [1.29, 1.82) is 0 Å². The van der Waals surface area contributed by atoms with Gasteiger partial charge >= 0.3 is 11.9 Å². The molecule has 0 unspecified atom stereocenters. The van der Waals surface area contributed by atoms with Crippen LogP contribution in [0.5, 0.6) is 0 Å². The lowest BCUT2D eigenvalue weighted by molar-refractivity contribution is -0.148. The van der Waals surface area contributed by atoms with E-state index in [-0.39, 0.29) is 0 Å². The van der Waals surface area contributed by atoms with Gasteiger partial charge in [0.15, 0.2) is 0 Å². The van der Waals surface area contributed by atoms with Crippen molar-refractivity contribution in [3.63, 3.8) is 0 Å². The van der Waals surface area contributed by atoms with Crippen molar-refractivity contribution < 1.29 is 29.3 Å². The number of rotatable bonds is 14. The Hall–Kier alpha value is -1.14. The van der Waals surface area contributed by atoms with Crippen molar-refractivity contribution in [2.75, 3.05) is 26.4 Å². The van der Waals surface area contributed by atoms with Gasteiger partial charge in [0.25, 0.3) is 0 Å². The highest BCUT2D eigenvalue weighted by Crippen LogP contribution is 2.22. The molecule has 0 radical (unpaired) electrons. The number of hydrogen-bond donors (Lipinski definition) is 2. The van der Waals surface area contributed by atoms with Crippen LogP contribution in [-0.4, -0.2) is 48.6 Å². The topological polar surface area (TPSA) is 93.1 Å². The first-order chi connectivity index (χ1) is 10.6. The lowest BCUT2D eigenvalue weighted by Gasteiger charge is -2.18. The molecule has 0 aromatic rings. The molecule has 23 heavy (non-hydrogen) atoms. The molecule has 0 atom stereocenters. The van der Waals surface area contributed by atoms with Gasteiger partial charge in [0.2, 0.25) is 0 Å². The minimum atomic E-state index is -0.781. The van der Waals surface area contributed by atoms with Gasteiger partial charge in [-0.1, -0.05) is 0 Å². The number of carbonyl (C=O) groups is 2. The normalized spacial score (nSPS) is 12.3. The summed E-state index contributed by atoms with van der Waals surface area (Å²) in [5, 5.41) is 18.0. The Morgan fingerprint density at radius 1 is 0.696 bits per heavy atom. The highest BCUT2D eigenvalue weighted by molar-refractivity contribution is 5.73. The van der Waals surface area contributed by atoms with Crippen LogP contribution in [0.4, 0.5) is 0 Å². The average Bonchev–Trinajstić information content (AvgIpc) is 2.44. The van der Waals surface area contributed by atoms with Crippen molar-refractivity contribution in [2.24, 2.45) is 10.8 Å². The number of aliphatic carboxylic acids is 2. The summed E-state index contributed by atoms with van der Waals surface area (Å²) in [7, 11) is 0. The largest absolute Gasteiger partial charge is 0.481 e. The van der Waals surface area contributed by atoms with Crippen molar-refractivity contribution >= 4 is 11.9 Å². The number of hydrogen-bond acceptors (Lipinski definition) is 4. The van der Waals surface area contributed by atoms with Gasteiger partial charge in [-0.15, -0.1) is 0 Å². The third-order valence-corrected chi connectivity index (χ3v) is 3.92. The Kier molecular flexibility index (Phi) is 10.1. The van der Waals surface area contributed by atoms with E-state index in [1.54, 1.807) is 27.7 Å². The van der Waals surface area contributed by atoms with Crippen LogP contribution in [0, 0.1) is 10.8 Å².